The summed E-state index contributed by atoms with van der Waals surface area (Å²) < 4.78 is 62.3. The number of unbranched alkanes of at least 4 members (excludes halogenated alkanes) is 2. The van der Waals surface area contributed by atoms with E-state index in [1.807, 2.05) is 71.2 Å². The maximum Gasteiger partial charge on any atom is 0.220 e. The number of nitrogens with two attached hydrogens (primary N) is 1. The zero-order valence-corrected chi connectivity index (χ0v) is 74.2. The van der Waals surface area contributed by atoms with Gasteiger partial charge in [-0.1, -0.05) is 131 Å². The van der Waals surface area contributed by atoms with Crippen molar-refractivity contribution in [3.05, 3.63) is 106 Å². The minimum Gasteiger partial charge on any atom is -0.393 e. The number of aldehydes is 1. The maximum atomic E-state index is 13.1. The molecule has 0 aromatic heterocycles. The van der Waals surface area contributed by atoms with Crippen molar-refractivity contribution >= 4 is 35.7 Å². The summed E-state index contributed by atoms with van der Waals surface area (Å²) in [5, 5.41) is 45.6. The molecule has 2 heterocycles. The van der Waals surface area contributed by atoms with Crippen LogP contribution in [-0.2, 0) is 90.8 Å². The lowest BCUT2D eigenvalue weighted by Gasteiger charge is -2.49. The van der Waals surface area contributed by atoms with Gasteiger partial charge in [-0.2, -0.15) is 5.10 Å². The number of nitrogens with one attached hydrogen (secondary N) is 2. The number of aliphatic hydroxyl groups excluding tert-OH is 3. The topological polar surface area (TPSA) is 309 Å². The Hall–Kier alpha value is -5.80. The monoisotopic (exact) mass is 1660 g/mol. The Morgan fingerprint density at radius 3 is 1.87 bits per heavy atom. The average Bonchev–Trinajstić information content (AvgIpc) is 1.22. The summed E-state index contributed by atoms with van der Waals surface area (Å²) in [6.07, 6.45) is 35.9. The first-order valence-corrected chi connectivity index (χ1v) is 44.1. The molecule has 1 aliphatic carbocycles. The van der Waals surface area contributed by atoms with Crippen LogP contribution in [-0.4, -0.2) is 244 Å². The number of hydrogen-bond acceptors (Lipinski definition) is 23. The molecular weight excluding hydrogens is 1500 g/mol. The standard InChI is InChI=1S/C94H154N6O18/c1-14-17-28-78(31-34-85(103)62-86(95)74(9)59-75(10)89(105)63-88(104)73(8)27-22-20-18-19-21-26-72(7)84-64-94(65-84,118-91(107)69-101)37-36-71(6)77(12)102)32-35-90(106)97-38-40-109-42-44-111-46-48-113-50-52-115-54-56-117-58-57-116-55-53-114-51-49-112-47-45-110-43-41-108-39-24-23-29-81-60-79(30-33-82(81)66-96-13)68-100-87(16-3)92(70(4)5)93(99-100)83-61-80(25-15-2)76(11)98-67-83/h3,15,18-21,25-26,30,33,59-60,67,69,71,73-74,76,78,80,83-87,89,91,96,103,105,107H,14,17,22-24,27-29,31-32,34-58,61-66,68,95H2,1-2,4-13H3,(H,97,106)/b20-18+,21-19+,25-15-,72-26+,75-59+/t71-,73?,74?,76?,78?,80?,83+,84-,85?,86+,87-,89?,91-,94+/m1/s1. The lowest BCUT2D eigenvalue weighted by atomic mass is 9.65. The molecule has 0 bridgehead atoms. The fraction of sp³-hybridized carbons (Fsp3) is 0.723. The second kappa shape index (κ2) is 63.2. The largest absolute Gasteiger partial charge is 0.393 e. The van der Waals surface area contributed by atoms with Crippen molar-refractivity contribution in [2.75, 3.05) is 146 Å². The molecule has 24 nitrogen and oxygen atoms in total. The lowest BCUT2D eigenvalue weighted by Crippen LogP contribution is -2.49. The van der Waals surface area contributed by atoms with E-state index in [4.69, 9.17) is 74.4 Å². The molecule has 7 N–H and O–H groups in total. The van der Waals surface area contributed by atoms with E-state index in [1.165, 1.54) is 27.8 Å². The highest BCUT2D eigenvalue weighted by atomic mass is 16.6. The van der Waals surface area contributed by atoms with Crippen LogP contribution in [0.15, 0.2) is 99.2 Å². The molecule has 1 fully saturated rings. The number of aliphatic hydroxyl groups is 3. The minimum atomic E-state index is -1.48. The number of allylic oxidation sites excluding steroid dienone is 8. The zero-order valence-electron chi connectivity index (χ0n) is 74.2. The van der Waals surface area contributed by atoms with Crippen LogP contribution >= 0.6 is 0 Å². The Bertz CT molecular complexity index is 3250. The van der Waals surface area contributed by atoms with Gasteiger partial charge in [-0.15, -0.1) is 6.42 Å². The van der Waals surface area contributed by atoms with E-state index in [0.717, 1.165) is 75.6 Å². The number of ether oxygens (including phenoxy) is 11. The molecule has 668 valence electrons. The SMILES string of the molecule is C#C[C@@H]1C(=C(C)C)C([C@@H]2C=NC(C)C(/C=C\C)C2)=NN1Cc1ccc(CNC)c(CCCCOCCOCCOCCOCCOCCOCCOCCOCCOCCOCCNC(=O)CCC(CCCC)CCC(O)C[C@H](N)C(C)/C=C(\C)C(O)CC(=O)C(C)CC/C=C/C=C/C=C(\C)[C@H]2C[C@@](CC[C@@H](C)C(C)=O)(O[C@@H](O)C=O)C2)c1. The number of terminal acetylenes is 1. The summed E-state index contributed by atoms with van der Waals surface area (Å²) in [6, 6.07) is 6.48. The molecule has 12 atom stereocenters. The van der Waals surface area contributed by atoms with Crippen LogP contribution in [0.4, 0.5) is 0 Å². The molecule has 118 heavy (non-hydrogen) atoms. The number of aryl methyl sites for hydroxylation is 1. The highest BCUT2D eigenvalue weighted by molar-refractivity contribution is 6.12. The molecule has 1 amide bonds. The maximum absolute atomic E-state index is 13.1. The predicted molar refractivity (Wildman–Crippen MR) is 468 cm³/mol. The van der Waals surface area contributed by atoms with Crippen molar-refractivity contribution in [2.45, 2.75) is 253 Å². The summed E-state index contributed by atoms with van der Waals surface area (Å²) in [5.41, 5.74) is 15.1. The van der Waals surface area contributed by atoms with Crippen LogP contribution < -0.4 is 16.4 Å². The fourth-order valence-corrected chi connectivity index (χ4v) is 14.8. The van der Waals surface area contributed by atoms with Gasteiger partial charge < -0.3 is 83.8 Å². The van der Waals surface area contributed by atoms with Crippen LogP contribution in [0.25, 0.3) is 0 Å². The van der Waals surface area contributed by atoms with E-state index in [0.29, 0.717) is 227 Å². The van der Waals surface area contributed by atoms with Gasteiger partial charge in [-0.05, 0) is 191 Å². The first-order valence-electron chi connectivity index (χ1n) is 44.1. The van der Waals surface area contributed by atoms with Crippen LogP contribution in [0.3, 0.4) is 0 Å². The van der Waals surface area contributed by atoms with Crippen molar-refractivity contribution in [2.24, 2.45) is 57.3 Å². The Morgan fingerprint density at radius 1 is 0.729 bits per heavy atom. The molecule has 1 aromatic rings. The number of amides is 1. The zero-order chi connectivity index (χ0) is 86.1. The first-order chi connectivity index (χ1) is 57.0. The third kappa shape index (κ3) is 43.8. The van der Waals surface area contributed by atoms with Crippen molar-refractivity contribution < 1.29 is 86.6 Å². The lowest BCUT2D eigenvalue weighted by molar-refractivity contribution is -0.217. The molecule has 2 aliphatic heterocycles. The average molecular weight is 1660 g/mol. The van der Waals surface area contributed by atoms with Crippen LogP contribution in [0.5, 0.6) is 0 Å². The van der Waals surface area contributed by atoms with Gasteiger partial charge >= 0.3 is 0 Å². The van der Waals surface area contributed by atoms with Gasteiger partial charge in [-0.3, -0.25) is 29.2 Å². The van der Waals surface area contributed by atoms with E-state index >= 15 is 0 Å². The molecule has 24 heteroatoms. The number of nitrogens with zero attached hydrogens (tertiary/aromatic N) is 3. The quantitative estimate of drug-likeness (QED) is 0.00881. The van der Waals surface area contributed by atoms with Crippen molar-refractivity contribution in [1.82, 2.24) is 15.6 Å². The summed E-state index contributed by atoms with van der Waals surface area (Å²) in [7, 11) is 1.99. The van der Waals surface area contributed by atoms with Crippen molar-refractivity contribution in [3.63, 3.8) is 0 Å². The summed E-state index contributed by atoms with van der Waals surface area (Å²) in [6.45, 7) is 33.2. The van der Waals surface area contributed by atoms with Gasteiger partial charge in [0.25, 0.3) is 0 Å². The second-order valence-electron chi connectivity index (χ2n) is 32.5. The molecule has 1 saturated carbocycles. The number of carbonyl (C=O) groups is 4. The molecule has 0 saturated heterocycles. The van der Waals surface area contributed by atoms with Gasteiger partial charge in [0.05, 0.1) is 162 Å². The number of benzene rings is 1. The van der Waals surface area contributed by atoms with E-state index < -0.39 is 24.1 Å². The first kappa shape index (κ1) is 105. The van der Waals surface area contributed by atoms with E-state index in [-0.39, 0.29) is 71.6 Å². The van der Waals surface area contributed by atoms with Gasteiger partial charge in [0.1, 0.15) is 17.6 Å². The smallest absolute Gasteiger partial charge is 0.220 e. The summed E-state index contributed by atoms with van der Waals surface area (Å²) in [5.74, 6) is 3.75. The molecule has 7 unspecified atom stereocenters. The summed E-state index contributed by atoms with van der Waals surface area (Å²) in [4.78, 5) is 53.7. The molecular formula is C94H154N6O18. The highest BCUT2D eigenvalue weighted by Gasteiger charge is 2.47. The Labute approximate surface area is 709 Å². The van der Waals surface area contributed by atoms with Crippen LogP contribution in [0.2, 0.25) is 0 Å². The molecule has 0 radical (unpaired) electrons. The number of Topliss-reactive ketones (excluding diaryl/α,β-unsaturated/α-hetero) is 2. The minimum absolute atomic E-state index is 0.00377. The molecule has 1 aromatic carbocycles. The third-order valence-electron chi connectivity index (χ3n) is 22.5. The normalized spacial score (nSPS) is 20.6. The Balaban J connectivity index is 0.890. The molecule has 0 spiro atoms. The predicted octanol–water partition coefficient (Wildman–Crippen LogP) is 12.7. The van der Waals surface area contributed by atoms with E-state index in [2.05, 4.69) is 99.7 Å². The molecule has 4 rings (SSSR count). The van der Waals surface area contributed by atoms with Gasteiger partial charge in [0.15, 0.2) is 6.29 Å². The summed E-state index contributed by atoms with van der Waals surface area (Å²) >= 11 is 0. The molecule has 3 aliphatic rings. The number of rotatable bonds is 71. The second-order valence-corrected chi connectivity index (χ2v) is 32.5. The number of hydrogen-bond donors (Lipinski definition) is 6. The van der Waals surface area contributed by atoms with Crippen LogP contribution in [0, 0.1) is 53.8 Å². The third-order valence-corrected chi connectivity index (χ3v) is 22.5. The number of carbonyl (C=O) groups excluding carboxylic acids is 4. The van der Waals surface area contributed by atoms with Gasteiger partial charge in [-0.25, -0.2) is 0 Å². The van der Waals surface area contributed by atoms with Gasteiger partial charge in [0, 0.05) is 68.1 Å². The van der Waals surface area contributed by atoms with Crippen LogP contribution in [0.1, 0.15) is 208 Å². The fourth-order valence-electron chi connectivity index (χ4n) is 14.8. The highest BCUT2D eigenvalue weighted by Crippen LogP contribution is 2.48. The number of ketones is 2. The van der Waals surface area contributed by atoms with E-state index in [1.54, 1.807) is 6.92 Å². The number of hydrazone groups is 1. The van der Waals surface area contributed by atoms with Gasteiger partial charge in [0.2, 0.25) is 12.2 Å². The van der Waals surface area contributed by atoms with Crippen molar-refractivity contribution in [1.29, 1.82) is 0 Å². The Kier molecular flexibility index (Phi) is 56.0. The number of aliphatic imine (C=N–C) groups is 1. The van der Waals surface area contributed by atoms with E-state index in [9.17, 15) is 34.5 Å². The van der Waals surface area contributed by atoms with Crippen molar-refractivity contribution in [3.8, 4) is 12.3 Å². The Morgan fingerprint density at radius 2 is 1.32 bits per heavy atom.